The van der Waals surface area contributed by atoms with Gasteiger partial charge in [-0.1, -0.05) is 18.2 Å². The molecule has 1 aromatic heterocycles. The Morgan fingerprint density at radius 3 is 2.70 bits per heavy atom. The average molecular weight is 328 g/mol. The molecule has 23 heavy (non-hydrogen) atoms. The van der Waals surface area contributed by atoms with Crippen LogP contribution in [0.5, 0.6) is 0 Å². The van der Waals surface area contributed by atoms with Gasteiger partial charge in [-0.05, 0) is 30.0 Å². The Balaban J connectivity index is 1.99. The summed E-state index contributed by atoms with van der Waals surface area (Å²) in [5, 5.41) is 0.841. The number of hydrogen-bond acceptors (Lipinski definition) is 5. The van der Waals surface area contributed by atoms with Gasteiger partial charge in [0.25, 0.3) is 5.91 Å². The molecule has 5 nitrogen and oxygen atoms in total. The summed E-state index contributed by atoms with van der Waals surface area (Å²) in [6, 6.07) is 10.4. The van der Waals surface area contributed by atoms with E-state index in [-0.39, 0.29) is 5.91 Å². The highest BCUT2D eigenvalue weighted by Gasteiger charge is 2.39. The molecule has 1 aliphatic heterocycles. The second-order valence-electron chi connectivity index (χ2n) is 5.14. The maximum Gasteiger partial charge on any atom is 0.329 e. The Morgan fingerprint density at radius 2 is 2.04 bits per heavy atom. The number of hydrogen-bond donors (Lipinski definition) is 0. The lowest BCUT2D eigenvalue weighted by Crippen LogP contribution is -2.43. The predicted octanol–water partition coefficient (Wildman–Crippen LogP) is 2.55. The number of nitrogens with zero attached hydrogens (tertiary/aromatic N) is 2. The number of carbonyl (C=O) groups excluding carboxylic acids is 2. The Bertz CT molecular complexity index is 746. The number of carbonyl (C=O) groups is 2. The lowest BCUT2D eigenvalue weighted by Gasteiger charge is -2.23. The van der Waals surface area contributed by atoms with E-state index in [0.717, 1.165) is 16.3 Å². The van der Waals surface area contributed by atoms with Crippen LogP contribution in [-0.4, -0.2) is 36.3 Å². The first-order chi connectivity index (χ1) is 11.2. The van der Waals surface area contributed by atoms with Crippen molar-refractivity contribution in [3.8, 4) is 0 Å². The van der Waals surface area contributed by atoms with Gasteiger partial charge in [-0.3, -0.25) is 9.69 Å². The molecule has 6 heteroatoms. The van der Waals surface area contributed by atoms with Crippen LogP contribution in [0.1, 0.15) is 15.9 Å². The fourth-order valence-electron chi connectivity index (χ4n) is 2.73. The van der Waals surface area contributed by atoms with Crippen molar-refractivity contribution >= 4 is 29.3 Å². The maximum atomic E-state index is 12.9. The number of thioether (sulfide) groups is 1. The van der Waals surface area contributed by atoms with Gasteiger partial charge < -0.3 is 4.74 Å². The van der Waals surface area contributed by atoms with Gasteiger partial charge in [-0.2, -0.15) is 0 Å². The van der Waals surface area contributed by atoms with Crippen LogP contribution in [0.4, 0.5) is 5.69 Å². The largest absolute Gasteiger partial charge is 0.467 e. The van der Waals surface area contributed by atoms with E-state index >= 15 is 0 Å². The highest BCUT2D eigenvalue weighted by Crippen LogP contribution is 2.33. The molecule has 2 heterocycles. The van der Waals surface area contributed by atoms with Crippen LogP contribution in [-0.2, 0) is 16.0 Å². The monoisotopic (exact) mass is 328 g/mol. The minimum absolute atomic E-state index is 0.245. The highest BCUT2D eigenvalue weighted by atomic mass is 32.2. The summed E-state index contributed by atoms with van der Waals surface area (Å²) < 4.78 is 4.87. The smallest absolute Gasteiger partial charge is 0.329 e. The molecule has 0 saturated carbocycles. The zero-order chi connectivity index (χ0) is 16.4. The number of aromatic nitrogens is 1. The number of benzene rings is 1. The van der Waals surface area contributed by atoms with Gasteiger partial charge in [-0.25, -0.2) is 9.78 Å². The second-order valence-corrected chi connectivity index (χ2v) is 5.96. The van der Waals surface area contributed by atoms with Crippen LogP contribution in [0.25, 0.3) is 0 Å². The van der Waals surface area contributed by atoms with Crippen molar-refractivity contribution in [2.75, 3.05) is 18.3 Å². The summed E-state index contributed by atoms with van der Waals surface area (Å²) in [4.78, 5) is 30.8. The molecule has 0 fully saturated rings. The first-order valence-electron chi connectivity index (χ1n) is 7.15. The van der Waals surface area contributed by atoms with Gasteiger partial charge in [0.2, 0.25) is 0 Å². The molecule has 0 bridgehead atoms. The molecule has 1 atom stereocenters. The van der Waals surface area contributed by atoms with Crippen molar-refractivity contribution in [1.82, 2.24) is 4.98 Å². The van der Waals surface area contributed by atoms with Crippen molar-refractivity contribution < 1.29 is 14.3 Å². The highest BCUT2D eigenvalue weighted by molar-refractivity contribution is 7.98. The summed E-state index contributed by atoms with van der Waals surface area (Å²) in [5.74, 6) is -0.659. The SMILES string of the molecule is COC(=O)[C@H]1Cc2ccccc2N1C(=O)c1ccc(SC)nc1. The number of anilines is 1. The van der Waals surface area contributed by atoms with Crippen LogP contribution in [0, 0.1) is 0 Å². The maximum absolute atomic E-state index is 12.9. The average Bonchev–Trinajstić information content (AvgIpc) is 3.00. The van der Waals surface area contributed by atoms with Crippen molar-refractivity contribution in [2.24, 2.45) is 0 Å². The van der Waals surface area contributed by atoms with Gasteiger partial charge in [-0.15, -0.1) is 11.8 Å². The van der Waals surface area contributed by atoms with E-state index in [9.17, 15) is 9.59 Å². The molecule has 1 aromatic carbocycles. The van der Waals surface area contributed by atoms with Crippen LogP contribution in [0.3, 0.4) is 0 Å². The Hall–Kier alpha value is -2.34. The van der Waals surface area contributed by atoms with E-state index in [1.165, 1.54) is 23.8 Å². The van der Waals surface area contributed by atoms with Crippen LogP contribution < -0.4 is 4.90 Å². The number of ether oxygens (including phenoxy) is 1. The number of fused-ring (bicyclic) bond motifs is 1. The van der Waals surface area contributed by atoms with E-state index in [2.05, 4.69) is 4.98 Å². The quantitative estimate of drug-likeness (QED) is 0.640. The molecular formula is C17H16N2O3S. The predicted molar refractivity (Wildman–Crippen MR) is 88.8 cm³/mol. The number of rotatable bonds is 3. The van der Waals surface area contributed by atoms with E-state index < -0.39 is 12.0 Å². The number of pyridine rings is 1. The van der Waals surface area contributed by atoms with E-state index in [1.54, 1.807) is 18.3 Å². The molecule has 0 aliphatic carbocycles. The first kappa shape index (κ1) is 15.6. The molecule has 0 spiro atoms. The fraction of sp³-hybridized carbons (Fsp3) is 0.235. The van der Waals surface area contributed by atoms with Crippen molar-refractivity contribution in [3.63, 3.8) is 0 Å². The Labute approximate surface area is 138 Å². The standard InChI is InChI=1S/C17H16N2O3S/c1-22-17(21)14-9-11-5-3-4-6-13(11)19(14)16(20)12-7-8-15(23-2)18-10-12/h3-8,10,14H,9H2,1-2H3/t14-/m1/s1. The normalized spacial score (nSPS) is 16.1. The van der Waals surface area contributed by atoms with Crippen LogP contribution >= 0.6 is 11.8 Å². The Kier molecular flexibility index (Phi) is 4.34. The molecular weight excluding hydrogens is 312 g/mol. The summed E-state index contributed by atoms with van der Waals surface area (Å²) >= 11 is 1.51. The Morgan fingerprint density at radius 1 is 1.26 bits per heavy atom. The molecule has 0 N–H and O–H groups in total. The third kappa shape index (κ3) is 2.82. The van der Waals surface area contributed by atoms with Gasteiger partial charge in [0, 0.05) is 18.3 Å². The summed E-state index contributed by atoms with van der Waals surface area (Å²) in [5.41, 5.74) is 2.17. The second kappa shape index (κ2) is 6.42. The number of methoxy groups -OCH3 is 1. The van der Waals surface area contributed by atoms with E-state index in [0.29, 0.717) is 12.0 Å². The summed E-state index contributed by atoms with van der Waals surface area (Å²) in [6.07, 6.45) is 3.93. The van der Waals surface area contributed by atoms with E-state index in [1.807, 2.05) is 30.5 Å². The first-order valence-corrected chi connectivity index (χ1v) is 8.37. The molecule has 0 unspecified atom stereocenters. The summed E-state index contributed by atoms with van der Waals surface area (Å²) in [6.45, 7) is 0. The van der Waals surface area contributed by atoms with Gasteiger partial charge in [0.1, 0.15) is 6.04 Å². The topological polar surface area (TPSA) is 59.5 Å². The molecule has 0 radical (unpaired) electrons. The molecule has 1 aliphatic rings. The number of esters is 1. The molecule has 0 saturated heterocycles. The minimum atomic E-state index is -0.634. The van der Waals surface area contributed by atoms with Crippen LogP contribution in [0.2, 0.25) is 0 Å². The number of amides is 1. The molecule has 2 aromatic rings. The third-order valence-corrected chi connectivity index (χ3v) is 4.52. The minimum Gasteiger partial charge on any atom is -0.467 e. The lowest BCUT2D eigenvalue weighted by atomic mass is 10.1. The van der Waals surface area contributed by atoms with Gasteiger partial charge >= 0.3 is 5.97 Å². The lowest BCUT2D eigenvalue weighted by molar-refractivity contribution is -0.141. The molecule has 118 valence electrons. The van der Waals surface area contributed by atoms with Crippen molar-refractivity contribution in [3.05, 3.63) is 53.7 Å². The van der Waals surface area contributed by atoms with E-state index in [4.69, 9.17) is 4.74 Å². The number of para-hydroxylation sites is 1. The summed E-state index contributed by atoms with van der Waals surface area (Å²) in [7, 11) is 1.34. The van der Waals surface area contributed by atoms with Crippen molar-refractivity contribution in [1.29, 1.82) is 0 Å². The fourth-order valence-corrected chi connectivity index (χ4v) is 3.09. The van der Waals surface area contributed by atoms with Crippen molar-refractivity contribution in [2.45, 2.75) is 17.5 Å². The molecule has 1 amide bonds. The van der Waals surface area contributed by atoms with Crippen LogP contribution in [0.15, 0.2) is 47.6 Å². The van der Waals surface area contributed by atoms with Gasteiger partial charge in [0.15, 0.2) is 0 Å². The molecule has 3 rings (SSSR count). The van der Waals surface area contributed by atoms with Gasteiger partial charge in [0.05, 0.1) is 17.7 Å². The zero-order valence-corrected chi connectivity index (χ0v) is 13.7. The third-order valence-electron chi connectivity index (χ3n) is 3.86. The zero-order valence-electron chi connectivity index (χ0n) is 12.9.